The topological polar surface area (TPSA) is 29.1 Å². The Morgan fingerprint density at radius 1 is 0.909 bits per heavy atom. The van der Waals surface area contributed by atoms with Gasteiger partial charge in [-0.25, -0.2) is 0 Å². The number of carbonyl (C=O) groups is 1. The number of amides is 1. The predicted octanol–water partition coefficient (Wildman–Crippen LogP) is 4.02. The summed E-state index contributed by atoms with van der Waals surface area (Å²) in [7, 11) is 0. The molecule has 114 valence electrons. The second kappa shape index (κ2) is 7.62. The van der Waals surface area contributed by atoms with Crippen LogP contribution in [0.3, 0.4) is 0 Å². The Bertz CT molecular complexity index is 620. The third-order valence-electron chi connectivity index (χ3n) is 4.01. The van der Waals surface area contributed by atoms with E-state index >= 15 is 0 Å². The van der Waals surface area contributed by atoms with E-state index in [0.717, 1.165) is 16.1 Å². The van der Waals surface area contributed by atoms with E-state index in [1.165, 1.54) is 36.6 Å². The zero-order valence-corrected chi connectivity index (χ0v) is 14.3. The molecular weight excluding hydrogens is 337 g/mol. The number of carbonyl (C=O) groups excluding carboxylic acids is 1. The molecule has 0 atom stereocenters. The minimum atomic E-state index is 0.0134. The molecule has 3 heteroatoms. The first-order valence-electron chi connectivity index (χ1n) is 7.95. The predicted molar refractivity (Wildman–Crippen MR) is 93.1 cm³/mol. The number of nitrogens with one attached hydrogen (secondary N) is 1. The van der Waals surface area contributed by atoms with Gasteiger partial charge in [-0.15, -0.1) is 0 Å². The number of rotatable bonds is 4. The van der Waals surface area contributed by atoms with Crippen LogP contribution < -0.4 is 9.78 Å². The Hall–Kier alpha value is -1.57. The fourth-order valence-corrected chi connectivity index (χ4v) is 5.72. The van der Waals surface area contributed by atoms with Gasteiger partial charge < -0.3 is 0 Å². The molecule has 1 N–H and O–H groups in total. The molecule has 2 aromatic rings. The van der Waals surface area contributed by atoms with Gasteiger partial charge in [-0.3, -0.25) is 0 Å². The summed E-state index contributed by atoms with van der Waals surface area (Å²) in [5, 5.41) is 3.01. The first kappa shape index (κ1) is 15.3. The summed E-state index contributed by atoms with van der Waals surface area (Å²) < 4.78 is 1.25. The molecule has 2 aromatic carbocycles. The van der Waals surface area contributed by atoms with Gasteiger partial charge in [-0.2, -0.15) is 0 Å². The van der Waals surface area contributed by atoms with Gasteiger partial charge in [0.05, 0.1) is 0 Å². The van der Waals surface area contributed by atoms with E-state index < -0.39 is 0 Å². The van der Waals surface area contributed by atoms with E-state index in [1.54, 1.807) is 0 Å². The summed E-state index contributed by atoms with van der Waals surface area (Å²) in [5.74, 6) is 0.0134. The van der Waals surface area contributed by atoms with Gasteiger partial charge in [0, 0.05) is 0 Å². The van der Waals surface area contributed by atoms with Crippen molar-refractivity contribution in [3.63, 3.8) is 0 Å². The molecule has 0 unspecified atom stereocenters. The molecule has 1 amide bonds. The average Bonchev–Trinajstić information content (AvgIpc) is 2.57. The van der Waals surface area contributed by atoms with E-state index in [9.17, 15) is 4.79 Å². The molecule has 1 saturated carbocycles. The Morgan fingerprint density at radius 3 is 2.36 bits per heavy atom. The van der Waals surface area contributed by atoms with Gasteiger partial charge in [-0.05, 0) is 0 Å². The molecule has 1 fully saturated rings. The van der Waals surface area contributed by atoms with Crippen LogP contribution in [0.15, 0.2) is 54.6 Å². The number of hydrogen-bond donors (Lipinski definition) is 1. The van der Waals surface area contributed by atoms with Crippen LogP contribution in [0.25, 0.3) is 0 Å². The van der Waals surface area contributed by atoms with Crippen LogP contribution >= 0.6 is 0 Å². The molecule has 0 aliphatic heterocycles. The van der Waals surface area contributed by atoms with E-state index in [1.807, 2.05) is 42.5 Å². The van der Waals surface area contributed by atoms with Crippen LogP contribution in [-0.4, -0.2) is 20.9 Å². The summed E-state index contributed by atoms with van der Waals surface area (Å²) in [5.41, 5.74) is 1.70. The van der Waals surface area contributed by atoms with Gasteiger partial charge in [0.2, 0.25) is 0 Å². The Balaban J connectivity index is 1.74. The van der Waals surface area contributed by atoms with Crippen LogP contribution in [0.1, 0.15) is 42.5 Å². The first-order chi connectivity index (χ1) is 10.8. The maximum atomic E-state index is 12.6. The molecule has 2 nitrogen and oxygen atoms in total. The van der Waals surface area contributed by atoms with E-state index in [2.05, 4.69) is 17.4 Å². The number of para-hydroxylation sites is 1. The first-order valence-corrected chi connectivity index (χ1v) is 9.79. The summed E-state index contributed by atoms with van der Waals surface area (Å²) in [4.78, 5) is 13.4. The molecule has 0 spiro atoms. The van der Waals surface area contributed by atoms with Crippen molar-refractivity contribution in [1.29, 1.82) is 0 Å². The number of benzene rings is 2. The molecule has 0 radical (unpaired) electrons. The summed E-state index contributed by atoms with van der Waals surface area (Å²) >= 11 is 0.394. The molecule has 0 saturated heterocycles. The third-order valence-corrected chi connectivity index (χ3v) is 6.98. The van der Waals surface area contributed by atoms with Gasteiger partial charge in [0.15, 0.2) is 0 Å². The molecule has 0 heterocycles. The molecule has 0 bridgehead atoms. The van der Waals surface area contributed by atoms with Gasteiger partial charge in [0.1, 0.15) is 0 Å². The monoisotopic (exact) mass is 359 g/mol. The molecule has 0 aromatic heterocycles. The van der Waals surface area contributed by atoms with Crippen molar-refractivity contribution < 1.29 is 4.79 Å². The van der Waals surface area contributed by atoms with Crippen LogP contribution in [0.5, 0.6) is 0 Å². The Kier molecular flexibility index (Phi) is 5.31. The second-order valence-electron chi connectivity index (χ2n) is 5.69. The number of anilines is 1. The molecule has 1 aliphatic carbocycles. The normalized spacial score (nSPS) is 15.5. The zero-order valence-electron chi connectivity index (χ0n) is 12.6. The van der Waals surface area contributed by atoms with E-state index in [0.29, 0.717) is 15.0 Å². The SMILES string of the molecule is O=C(Nc1ccccc1)c1ccccc1[Se]C1CCCCC1. The van der Waals surface area contributed by atoms with Gasteiger partial charge in [0.25, 0.3) is 0 Å². The van der Waals surface area contributed by atoms with Crippen molar-refractivity contribution in [3.8, 4) is 0 Å². The van der Waals surface area contributed by atoms with Crippen molar-refractivity contribution in [3.05, 3.63) is 60.2 Å². The molecule has 22 heavy (non-hydrogen) atoms. The summed E-state index contributed by atoms with van der Waals surface area (Å²) in [6, 6.07) is 17.8. The Labute approximate surface area is 138 Å². The van der Waals surface area contributed by atoms with E-state index in [4.69, 9.17) is 0 Å². The van der Waals surface area contributed by atoms with Crippen molar-refractivity contribution >= 4 is 31.0 Å². The molecular formula is C19H21NOSe. The minimum absolute atomic E-state index is 0.0134. The Morgan fingerprint density at radius 2 is 1.59 bits per heavy atom. The van der Waals surface area contributed by atoms with Crippen LogP contribution in [0.2, 0.25) is 4.82 Å². The zero-order chi connectivity index (χ0) is 15.2. The second-order valence-corrected chi connectivity index (χ2v) is 8.51. The van der Waals surface area contributed by atoms with Crippen molar-refractivity contribution in [1.82, 2.24) is 0 Å². The van der Waals surface area contributed by atoms with Crippen molar-refractivity contribution in [2.45, 2.75) is 36.9 Å². The fraction of sp³-hybridized carbons (Fsp3) is 0.316. The van der Waals surface area contributed by atoms with Gasteiger partial charge in [-0.1, -0.05) is 0 Å². The van der Waals surface area contributed by atoms with E-state index in [-0.39, 0.29) is 5.91 Å². The van der Waals surface area contributed by atoms with Crippen molar-refractivity contribution in [2.24, 2.45) is 0 Å². The van der Waals surface area contributed by atoms with Crippen LogP contribution in [-0.2, 0) is 0 Å². The summed E-state index contributed by atoms with van der Waals surface area (Å²) in [6.07, 6.45) is 6.74. The quantitative estimate of drug-likeness (QED) is 0.822. The molecule has 1 aliphatic rings. The number of hydrogen-bond acceptors (Lipinski definition) is 1. The third kappa shape index (κ3) is 4.00. The molecule has 3 rings (SSSR count). The fourth-order valence-electron chi connectivity index (χ4n) is 2.84. The standard InChI is InChI=1S/C19H21NOSe/c21-19(20-15-9-3-1-4-10-15)17-13-7-8-14-18(17)22-16-11-5-2-6-12-16/h1,3-4,7-10,13-14,16H,2,5-6,11-12H2,(H,20,21). The van der Waals surface area contributed by atoms with Crippen molar-refractivity contribution in [2.75, 3.05) is 5.32 Å². The maximum absolute atomic E-state index is 12.6. The van der Waals surface area contributed by atoms with Gasteiger partial charge >= 0.3 is 138 Å². The van der Waals surface area contributed by atoms with Crippen LogP contribution in [0.4, 0.5) is 5.69 Å². The average molecular weight is 358 g/mol. The van der Waals surface area contributed by atoms with Crippen LogP contribution in [0, 0.1) is 0 Å². The summed E-state index contributed by atoms with van der Waals surface area (Å²) in [6.45, 7) is 0.